The summed E-state index contributed by atoms with van der Waals surface area (Å²) in [7, 11) is 0. The Morgan fingerprint density at radius 1 is 1.11 bits per heavy atom. The largest absolute Gasteiger partial charge is 0.348 e. The zero-order valence-electron chi connectivity index (χ0n) is 9.97. The van der Waals surface area contributed by atoms with Crippen molar-refractivity contribution in [2.45, 2.75) is 0 Å². The summed E-state index contributed by atoms with van der Waals surface area (Å²) in [5.41, 5.74) is 2.47. The summed E-state index contributed by atoms with van der Waals surface area (Å²) in [6.45, 7) is 4.39. The minimum Gasteiger partial charge on any atom is -0.348 e. The summed E-state index contributed by atoms with van der Waals surface area (Å²) >= 11 is 0. The number of pyridine rings is 1. The van der Waals surface area contributed by atoms with E-state index in [1.807, 2.05) is 30.3 Å². The second kappa shape index (κ2) is 5.77. The van der Waals surface area contributed by atoms with Crippen molar-refractivity contribution in [1.29, 1.82) is 0 Å². The summed E-state index contributed by atoms with van der Waals surface area (Å²) in [6, 6.07) is 13.3. The van der Waals surface area contributed by atoms with Crippen LogP contribution in [0.1, 0.15) is 15.9 Å². The van der Waals surface area contributed by atoms with Crippen molar-refractivity contribution >= 4 is 11.5 Å². The van der Waals surface area contributed by atoms with Crippen molar-refractivity contribution in [1.82, 2.24) is 10.3 Å². The van der Waals surface area contributed by atoms with Crippen molar-refractivity contribution in [3.8, 4) is 0 Å². The number of nitrogens with one attached hydrogen (secondary N) is 1. The maximum absolute atomic E-state index is 11.8. The Labute approximate surface area is 106 Å². The highest BCUT2D eigenvalue weighted by Gasteiger charge is 2.05. The standard InChI is InChI=1S/C15H14N2O/c1-12(13-6-3-2-4-7-13)10-17-15(18)14-8-5-9-16-11-14/h2-9,11H,1,10H2,(H,17,18). The number of amides is 1. The molecule has 18 heavy (non-hydrogen) atoms. The van der Waals surface area contributed by atoms with Gasteiger partial charge < -0.3 is 5.32 Å². The van der Waals surface area contributed by atoms with Crippen LogP contribution in [0, 0.1) is 0 Å². The first-order chi connectivity index (χ1) is 8.77. The van der Waals surface area contributed by atoms with Gasteiger partial charge in [0.15, 0.2) is 0 Å². The van der Waals surface area contributed by atoms with Crippen molar-refractivity contribution in [2.75, 3.05) is 6.54 Å². The molecule has 1 N–H and O–H groups in total. The molecule has 0 saturated carbocycles. The minimum atomic E-state index is -0.139. The van der Waals surface area contributed by atoms with Crippen molar-refractivity contribution in [3.63, 3.8) is 0 Å². The second-order valence-corrected chi connectivity index (χ2v) is 3.89. The molecule has 0 fully saturated rings. The van der Waals surface area contributed by atoms with Crippen LogP contribution in [0.2, 0.25) is 0 Å². The van der Waals surface area contributed by atoms with Gasteiger partial charge in [-0.25, -0.2) is 0 Å². The topological polar surface area (TPSA) is 42.0 Å². The molecular formula is C15H14N2O. The second-order valence-electron chi connectivity index (χ2n) is 3.89. The van der Waals surface area contributed by atoms with Gasteiger partial charge >= 0.3 is 0 Å². The van der Waals surface area contributed by atoms with E-state index >= 15 is 0 Å². The monoisotopic (exact) mass is 238 g/mol. The Hall–Kier alpha value is -2.42. The Morgan fingerprint density at radius 2 is 1.83 bits per heavy atom. The number of rotatable bonds is 4. The Kier molecular flexibility index (Phi) is 3.86. The van der Waals surface area contributed by atoms with Gasteiger partial charge in [0.2, 0.25) is 0 Å². The normalized spacial score (nSPS) is 9.78. The van der Waals surface area contributed by atoms with E-state index in [4.69, 9.17) is 0 Å². The third-order valence-electron chi connectivity index (χ3n) is 2.57. The molecule has 0 spiro atoms. The lowest BCUT2D eigenvalue weighted by Crippen LogP contribution is -2.25. The molecule has 2 rings (SSSR count). The van der Waals surface area contributed by atoms with E-state index in [1.165, 1.54) is 0 Å². The van der Waals surface area contributed by atoms with Gasteiger partial charge in [0, 0.05) is 18.9 Å². The molecule has 1 heterocycles. The molecule has 1 amide bonds. The van der Waals surface area contributed by atoms with Gasteiger partial charge in [-0.1, -0.05) is 36.9 Å². The molecule has 90 valence electrons. The van der Waals surface area contributed by atoms with Crippen LogP contribution in [0.4, 0.5) is 0 Å². The minimum absolute atomic E-state index is 0.139. The molecule has 3 nitrogen and oxygen atoms in total. The van der Waals surface area contributed by atoms with Gasteiger partial charge in [0.25, 0.3) is 5.91 Å². The van der Waals surface area contributed by atoms with Crippen LogP contribution in [0.3, 0.4) is 0 Å². The van der Waals surface area contributed by atoms with E-state index in [9.17, 15) is 4.79 Å². The van der Waals surface area contributed by atoms with Crippen molar-refractivity contribution < 1.29 is 4.79 Å². The molecule has 0 radical (unpaired) electrons. The van der Waals surface area contributed by atoms with Gasteiger partial charge in [-0.3, -0.25) is 9.78 Å². The average Bonchev–Trinajstić information content (AvgIpc) is 2.46. The molecule has 0 bridgehead atoms. The third-order valence-corrected chi connectivity index (χ3v) is 2.57. The Bertz CT molecular complexity index is 483. The van der Waals surface area contributed by atoms with E-state index < -0.39 is 0 Å². The fourth-order valence-electron chi connectivity index (χ4n) is 1.56. The molecule has 0 aliphatic carbocycles. The van der Waals surface area contributed by atoms with Crippen molar-refractivity contribution in [2.24, 2.45) is 0 Å². The average molecular weight is 238 g/mol. The fraction of sp³-hybridized carbons (Fsp3) is 0.0667. The van der Waals surface area contributed by atoms with E-state index in [1.54, 1.807) is 24.5 Å². The highest BCUT2D eigenvalue weighted by molar-refractivity contribution is 5.94. The molecule has 0 atom stereocenters. The zero-order valence-corrected chi connectivity index (χ0v) is 9.97. The number of nitrogens with zero attached hydrogens (tertiary/aromatic N) is 1. The number of hydrogen-bond donors (Lipinski definition) is 1. The summed E-state index contributed by atoms with van der Waals surface area (Å²) in [4.78, 5) is 15.7. The van der Waals surface area contributed by atoms with Crippen LogP contribution >= 0.6 is 0 Å². The van der Waals surface area contributed by atoms with Gasteiger partial charge in [-0.05, 0) is 23.3 Å². The number of aromatic nitrogens is 1. The van der Waals surface area contributed by atoms with Gasteiger partial charge in [-0.2, -0.15) is 0 Å². The summed E-state index contributed by atoms with van der Waals surface area (Å²) in [5.74, 6) is -0.139. The summed E-state index contributed by atoms with van der Waals surface area (Å²) in [6.07, 6.45) is 3.18. The summed E-state index contributed by atoms with van der Waals surface area (Å²) in [5, 5.41) is 2.82. The molecular weight excluding hydrogens is 224 g/mol. The quantitative estimate of drug-likeness (QED) is 0.889. The summed E-state index contributed by atoms with van der Waals surface area (Å²) < 4.78 is 0. The molecule has 1 aromatic heterocycles. The van der Waals surface area contributed by atoms with Crippen molar-refractivity contribution in [3.05, 3.63) is 72.6 Å². The first kappa shape index (κ1) is 12.0. The van der Waals surface area contributed by atoms with Crippen LogP contribution in [-0.4, -0.2) is 17.4 Å². The SMILES string of the molecule is C=C(CNC(=O)c1cccnc1)c1ccccc1. The van der Waals surface area contributed by atoms with Crippen LogP contribution in [0.5, 0.6) is 0 Å². The maximum Gasteiger partial charge on any atom is 0.253 e. The van der Waals surface area contributed by atoms with E-state index in [2.05, 4.69) is 16.9 Å². The first-order valence-corrected chi connectivity index (χ1v) is 5.69. The first-order valence-electron chi connectivity index (χ1n) is 5.69. The lowest BCUT2D eigenvalue weighted by atomic mass is 10.1. The van der Waals surface area contributed by atoms with Gasteiger partial charge in [-0.15, -0.1) is 0 Å². The Morgan fingerprint density at radius 3 is 2.50 bits per heavy atom. The lowest BCUT2D eigenvalue weighted by Gasteiger charge is -2.07. The number of carbonyl (C=O) groups excluding carboxylic acids is 1. The van der Waals surface area contributed by atoms with Gasteiger partial charge in [0.05, 0.1) is 5.56 Å². The van der Waals surface area contributed by atoms with E-state index in [0.29, 0.717) is 12.1 Å². The number of benzene rings is 1. The predicted octanol–water partition coefficient (Wildman–Crippen LogP) is 2.52. The highest BCUT2D eigenvalue weighted by atomic mass is 16.1. The molecule has 2 aromatic rings. The van der Waals surface area contributed by atoms with Gasteiger partial charge in [0.1, 0.15) is 0 Å². The molecule has 1 aromatic carbocycles. The molecule has 0 aliphatic rings. The van der Waals surface area contributed by atoms with Crippen LogP contribution in [0.15, 0.2) is 61.4 Å². The van der Waals surface area contributed by atoms with E-state index in [-0.39, 0.29) is 5.91 Å². The van der Waals surface area contributed by atoms with Crippen LogP contribution in [-0.2, 0) is 0 Å². The third kappa shape index (κ3) is 3.04. The highest BCUT2D eigenvalue weighted by Crippen LogP contribution is 2.10. The molecule has 3 heteroatoms. The smallest absolute Gasteiger partial charge is 0.253 e. The number of hydrogen-bond acceptors (Lipinski definition) is 2. The maximum atomic E-state index is 11.8. The van der Waals surface area contributed by atoms with E-state index in [0.717, 1.165) is 11.1 Å². The van der Waals surface area contributed by atoms with Crippen LogP contribution in [0.25, 0.3) is 5.57 Å². The predicted molar refractivity (Wildman–Crippen MR) is 72.0 cm³/mol. The Balaban J connectivity index is 1.93. The fourth-order valence-corrected chi connectivity index (χ4v) is 1.56. The van der Waals surface area contributed by atoms with Crippen LogP contribution < -0.4 is 5.32 Å². The zero-order chi connectivity index (χ0) is 12.8. The molecule has 0 aliphatic heterocycles. The lowest BCUT2D eigenvalue weighted by molar-refractivity contribution is 0.0958. The molecule has 0 saturated heterocycles. The molecule has 0 unspecified atom stereocenters. The number of carbonyl (C=O) groups is 1.